The molecule has 0 heterocycles. The quantitative estimate of drug-likeness (QED) is 0.113. The number of rotatable bonds is 17. The van der Waals surface area contributed by atoms with Crippen molar-refractivity contribution in [3.63, 3.8) is 0 Å². The van der Waals surface area contributed by atoms with Crippen molar-refractivity contribution in [3.8, 4) is 0 Å². The topological polar surface area (TPSA) is 54.4 Å². The Morgan fingerprint density at radius 3 is 1.76 bits per heavy atom. The van der Waals surface area contributed by atoms with E-state index >= 15 is 0 Å². The minimum absolute atomic E-state index is 0. The molecule has 2 aromatic rings. The summed E-state index contributed by atoms with van der Waals surface area (Å²) >= 11 is 0. The van der Waals surface area contributed by atoms with Crippen molar-refractivity contribution < 1.29 is 15.8 Å². The molecule has 0 saturated heterocycles. The SMILES string of the molecule is CCCCCCCCCc1cc2ccccc2c(S(=O)(=O)O)c1CCCCCCCCC.[Ba+2].[H-].[H-]. The number of unbranched alkanes of at least 4 members (excludes halogenated alkanes) is 12. The summed E-state index contributed by atoms with van der Waals surface area (Å²) in [7, 11) is -4.28. The molecule has 5 heteroatoms. The molecule has 0 atom stereocenters. The molecule has 0 saturated carbocycles. The van der Waals surface area contributed by atoms with Crippen LogP contribution in [0, 0.1) is 0 Å². The van der Waals surface area contributed by atoms with Crippen LogP contribution in [0.5, 0.6) is 0 Å². The molecular weight excluding hydrogens is 554 g/mol. The Kier molecular flexibility index (Phi) is 16.6. The Morgan fingerprint density at radius 2 is 1.21 bits per heavy atom. The maximum atomic E-state index is 12.5. The van der Waals surface area contributed by atoms with Gasteiger partial charge in [0.15, 0.2) is 0 Å². The number of aryl methyl sites for hydroxylation is 1. The zero-order chi connectivity index (χ0) is 23.2. The first-order chi connectivity index (χ1) is 15.5. The summed E-state index contributed by atoms with van der Waals surface area (Å²) in [4.78, 5) is 0.152. The summed E-state index contributed by atoms with van der Waals surface area (Å²) in [5, 5.41) is 1.55. The van der Waals surface area contributed by atoms with Crippen molar-refractivity contribution in [2.24, 2.45) is 0 Å². The van der Waals surface area contributed by atoms with Gasteiger partial charge in [-0.3, -0.25) is 4.55 Å². The molecule has 0 spiro atoms. The molecule has 1 N–H and O–H groups in total. The number of fused-ring (bicyclic) bond motifs is 1. The Balaban J connectivity index is 0. The van der Waals surface area contributed by atoms with E-state index in [1.807, 2.05) is 24.3 Å². The van der Waals surface area contributed by atoms with E-state index < -0.39 is 10.1 Å². The second-order valence-corrected chi connectivity index (χ2v) is 10.6. The molecule has 0 aliphatic carbocycles. The van der Waals surface area contributed by atoms with Gasteiger partial charge in [0.1, 0.15) is 4.90 Å². The van der Waals surface area contributed by atoms with Crippen LogP contribution in [0.1, 0.15) is 118 Å². The Labute approximate surface area is 246 Å². The van der Waals surface area contributed by atoms with E-state index in [9.17, 15) is 13.0 Å². The van der Waals surface area contributed by atoms with Gasteiger partial charge in [0.05, 0.1) is 0 Å². The Morgan fingerprint density at radius 1 is 0.727 bits per heavy atom. The van der Waals surface area contributed by atoms with E-state index in [-0.39, 0.29) is 56.6 Å². The van der Waals surface area contributed by atoms with Crippen molar-refractivity contribution in [1.29, 1.82) is 0 Å². The van der Waals surface area contributed by atoms with Gasteiger partial charge in [-0.15, -0.1) is 0 Å². The van der Waals surface area contributed by atoms with Crippen LogP contribution in [0.25, 0.3) is 10.8 Å². The number of hydrogen-bond donors (Lipinski definition) is 1. The van der Waals surface area contributed by atoms with E-state index in [1.165, 1.54) is 70.6 Å². The first-order valence-electron chi connectivity index (χ1n) is 13.0. The normalized spacial score (nSPS) is 11.6. The number of benzene rings is 2. The average molecular weight is 600 g/mol. The predicted octanol–water partition coefficient (Wildman–Crippen LogP) is 8.52. The summed E-state index contributed by atoms with van der Waals surface area (Å²) in [6.45, 7) is 4.46. The van der Waals surface area contributed by atoms with Crippen molar-refractivity contribution in [3.05, 3.63) is 41.5 Å². The molecule has 0 bridgehead atoms. The zero-order valence-electron chi connectivity index (χ0n) is 23.1. The van der Waals surface area contributed by atoms with Crippen molar-refractivity contribution in [1.82, 2.24) is 0 Å². The second kappa shape index (κ2) is 17.6. The molecule has 0 fully saturated rings. The van der Waals surface area contributed by atoms with Gasteiger partial charge < -0.3 is 2.85 Å². The summed E-state index contributed by atoms with van der Waals surface area (Å²) in [6, 6.07) is 9.73. The predicted molar refractivity (Wildman–Crippen MR) is 145 cm³/mol. The van der Waals surface area contributed by atoms with Gasteiger partial charge >= 0.3 is 48.9 Å². The van der Waals surface area contributed by atoms with E-state index in [4.69, 9.17) is 0 Å². The fraction of sp³-hybridized carbons (Fsp3) is 0.643. The van der Waals surface area contributed by atoms with Gasteiger partial charge in [-0.05, 0) is 42.2 Å². The van der Waals surface area contributed by atoms with Gasteiger partial charge in [0.2, 0.25) is 0 Å². The van der Waals surface area contributed by atoms with Crippen LogP contribution in [-0.2, 0) is 23.0 Å². The molecule has 2 rings (SSSR count). The first-order valence-corrected chi connectivity index (χ1v) is 14.4. The molecule has 0 unspecified atom stereocenters. The van der Waals surface area contributed by atoms with Gasteiger partial charge in [-0.25, -0.2) is 0 Å². The van der Waals surface area contributed by atoms with E-state index in [0.29, 0.717) is 5.39 Å². The van der Waals surface area contributed by atoms with Crippen LogP contribution in [0.4, 0.5) is 0 Å². The number of hydrogen-bond acceptors (Lipinski definition) is 2. The molecule has 3 nitrogen and oxygen atoms in total. The minimum Gasteiger partial charge on any atom is -1.00 e. The summed E-state index contributed by atoms with van der Waals surface area (Å²) in [6.07, 6.45) is 18.6. The van der Waals surface area contributed by atoms with E-state index in [1.54, 1.807) is 0 Å². The van der Waals surface area contributed by atoms with Crippen LogP contribution < -0.4 is 0 Å². The van der Waals surface area contributed by atoms with Crippen LogP contribution in [0.15, 0.2) is 35.2 Å². The molecule has 0 radical (unpaired) electrons. The molecule has 0 aliphatic heterocycles. The van der Waals surface area contributed by atoms with Crippen molar-refractivity contribution in [2.45, 2.75) is 121 Å². The third-order valence-electron chi connectivity index (χ3n) is 6.53. The van der Waals surface area contributed by atoms with Gasteiger partial charge in [0, 0.05) is 5.39 Å². The minimum atomic E-state index is -4.28. The smallest absolute Gasteiger partial charge is 1.00 e. The fourth-order valence-corrected chi connectivity index (χ4v) is 5.74. The molecule has 0 aromatic heterocycles. The van der Waals surface area contributed by atoms with Crippen LogP contribution in [0.2, 0.25) is 0 Å². The van der Waals surface area contributed by atoms with Crippen molar-refractivity contribution in [2.75, 3.05) is 0 Å². The summed E-state index contributed by atoms with van der Waals surface area (Å²) in [5.74, 6) is 0. The zero-order valence-corrected chi connectivity index (χ0v) is 26.3. The van der Waals surface area contributed by atoms with Crippen molar-refractivity contribution >= 4 is 69.8 Å². The van der Waals surface area contributed by atoms with Crippen LogP contribution >= 0.6 is 0 Å². The summed E-state index contributed by atoms with van der Waals surface area (Å²) < 4.78 is 35.1. The molecule has 184 valence electrons. The molecule has 2 aromatic carbocycles. The van der Waals surface area contributed by atoms with Gasteiger partial charge in [-0.2, -0.15) is 8.42 Å². The standard InChI is InChI=1S/C28H44O3S.Ba.2H/c1-3-5-7-9-11-13-15-19-24-23-25-20-17-18-22-27(25)28(32(29,30)31)26(24)21-16-14-12-10-8-6-4-2;;;/h17-18,20,22-23H,3-16,19,21H2,1-2H3,(H,29,30,31);;;/q;+2;2*-1. The Bertz CT molecular complexity index is 920. The third-order valence-corrected chi connectivity index (χ3v) is 7.52. The maximum Gasteiger partial charge on any atom is 2.00 e. The maximum absolute atomic E-state index is 12.5. The average Bonchev–Trinajstić information content (AvgIpc) is 2.76. The monoisotopic (exact) mass is 600 g/mol. The van der Waals surface area contributed by atoms with Crippen LogP contribution in [0.3, 0.4) is 0 Å². The van der Waals surface area contributed by atoms with Gasteiger partial charge in [0.25, 0.3) is 10.1 Å². The fourth-order valence-electron chi connectivity index (χ4n) is 4.74. The largest absolute Gasteiger partial charge is 2.00 e. The first kappa shape index (κ1) is 31.2. The molecule has 0 amide bonds. The summed E-state index contributed by atoms with van der Waals surface area (Å²) in [5.41, 5.74) is 1.96. The van der Waals surface area contributed by atoms with E-state index in [2.05, 4.69) is 19.9 Å². The molecule has 33 heavy (non-hydrogen) atoms. The van der Waals surface area contributed by atoms with Crippen LogP contribution in [-0.4, -0.2) is 61.9 Å². The Hall–Kier alpha value is 0.181. The molecular formula is C28H46BaO3S. The third kappa shape index (κ3) is 11.2. The van der Waals surface area contributed by atoms with Gasteiger partial charge in [-0.1, -0.05) is 121 Å². The second-order valence-electron chi connectivity index (χ2n) is 9.28. The van der Waals surface area contributed by atoms with E-state index in [0.717, 1.165) is 48.6 Å². The molecule has 0 aliphatic rings.